The van der Waals surface area contributed by atoms with Gasteiger partial charge < -0.3 is 10.6 Å². The Kier molecular flexibility index (Phi) is 3.83. The highest BCUT2D eigenvalue weighted by atomic mass is 79.9. The van der Waals surface area contributed by atoms with Crippen molar-refractivity contribution in [2.45, 2.75) is 0 Å². The molecule has 0 saturated carbocycles. The van der Waals surface area contributed by atoms with Crippen molar-refractivity contribution in [1.29, 1.82) is 0 Å². The minimum absolute atomic E-state index is 0.293. The Morgan fingerprint density at radius 1 is 1.00 bits per heavy atom. The number of pyridine rings is 1. The summed E-state index contributed by atoms with van der Waals surface area (Å²) in [7, 11) is 0. The lowest BCUT2D eigenvalue weighted by atomic mass is 10.2. The topological polar surface area (TPSA) is 54.0 Å². The highest BCUT2D eigenvalue weighted by Crippen LogP contribution is 2.24. The summed E-state index contributed by atoms with van der Waals surface area (Å²) in [6.45, 7) is 0. The van der Waals surface area contributed by atoms with Crippen LogP contribution in [0.4, 0.5) is 16.2 Å². The van der Waals surface area contributed by atoms with Crippen LogP contribution in [-0.2, 0) is 0 Å². The second kappa shape index (κ2) is 5.93. The molecule has 0 radical (unpaired) electrons. The molecule has 2 aromatic carbocycles. The molecule has 0 atom stereocenters. The predicted octanol–water partition coefficient (Wildman–Crippen LogP) is 4.64. The zero-order valence-electron chi connectivity index (χ0n) is 11.0. The third-order valence-corrected chi connectivity index (χ3v) is 3.39. The number of halogens is 1. The van der Waals surface area contributed by atoms with Crippen molar-refractivity contribution in [2.24, 2.45) is 0 Å². The normalized spacial score (nSPS) is 10.3. The number of para-hydroxylation sites is 2. The van der Waals surface area contributed by atoms with Crippen LogP contribution in [0.5, 0.6) is 0 Å². The van der Waals surface area contributed by atoms with Crippen LogP contribution in [0.1, 0.15) is 0 Å². The second-order valence-electron chi connectivity index (χ2n) is 4.48. The fourth-order valence-corrected chi connectivity index (χ4v) is 2.39. The molecule has 0 spiro atoms. The third-order valence-electron chi connectivity index (χ3n) is 2.96. The minimum Gasteiger partial charge on any atom is -0.308 e. The van der Waals surface area contributed by atoms with Crippen LogP contribution in [-0.4, -0.2) is 11.0 Å². The van der Waals surface area contributed by atoms with Crippen LogP contribution in [0.25, 0.3) is 10.9 Å². The maximum absolute atomic E-state index is 12.0. The first-order valence-corrected chi connectivity index (χ1v) is 7.19. The van der Waals surface area contributed by atoms with E-state index in [4.69, 9.17) is 0 Å². The van der Waals surface area contributed by atoms with Crippen molar-refractivity contribution in [2.75, 3.05) is 10.6 Å². The fourth-order valence-electron chi connectivity index (χ4n) is 2.04. The number of hydrogen-bond acceptors (Lipinski definition) is 2. The van der Waals surface area contributed by atoms with Gasteiger partial charge in [-0.05, 0) is 40.2 Å². The molecule has 1 aromatic heterocycles. The Morgan fingerprint density at radius 3 is 2.62 bits per heavy atom. The maximum Gasteiger partial charge on any atom is 0.323 e. The number of urea groups is 1. The first-order valence-electron chi connectivity index (χ1n) is 6.40. The molecule has 0 fully saturated rings. The van der Waals surface area contributed by atoms with E-state index >= 15 is 0 Å². The van der Waals surface area contributed by atoms with Crippen molar-refractivity contribution in [1.82, 2.24) is 4.98 Å². The Bertz CT molecular complexity index is 790. The number of fused-ring (bicyclic) bond motifs is 1. The smallest absolute Gasteiger partial charge is 0.308 e. The van der Waals surface area contributed by atoms with E-state index in [0.717, 1.165) is 21.1 Å². The molecule has 5 heteroatoms. The van der Waals surface area contributed by atoms with Crippen LogP contribution in [0.3, 0.4) is 0 Å². The van der Waals surface area contributed by atoms with E-state index in [0.29, 0.717) is 5.69 Å². The molecule has 3 aromatic rings. The van der Waals surface area contributed by atoms with Gasteiger partial charge in [0.1, 0.15) is 0 Å². The lowest BCUT2D eigenvalue weighted by Gasteiger charge is -2.09. The predicted molar refractivity (Wildman–Crippen MR) is 88.5 cm³/mol. The van der Waals surface area contributed by atoms with E-state index in [9.17, 15) is 4.79 Å². The number of aromatic nitrogens is 1. The molecule has 0 aliphatic rings. The average molecular weight is 342 g/mol. The maximum atomic E-state index is 12.0. The van der Waals surface area contributed by atoms with Crippen molar-refractivity contribution in [3.63, 3.8) is 0 Å². The number of amides is 2. The molecule has 0 unspecified atom stereocenters. The highest BCUT2D eigenvalue weighted by molar-refractivity contribution is 9.10. The van der Waals surface area contributed by atoms with Crippen molar-refractivity contribution >= 4 is 44.2 Å². The summed E-state index contributed by atoms with van der Waals surface area (Å²) in [6, 6.07) is 16.6. The molecule has 104 valence electrons. The number of benzene rings is 2. The lowest BCUT2D eigenvalue weighted by molar-refractivity contribution is 0.262. The summed E-state index contributed by atoms with van der Waals surface area (Å²) in [4.78, 5) is 16.4. The molecule has 3 rings (SSSR count). The number of nitrogens with zero attached hydrogens (tertiary/aromatic N) is 1. The van der Waals surface area contributed by atoms with Gasteiger partial charge in [-0.2, -0.15) is 0 Å². The Hall–Kier alpha value is -2.40. The van der Waals surface area contributed by atoms with Gasteiger partial charge in [-0.3, -0.25) is 4.98 Å². The summed E-state index contributed by atoms with van der Waals surface area (Å²) in [5, 5.41) is 6.56. The van der Waals surface area contributed by atoms with E-state index < -0.39 is 0 Å². The van der Waals surface area contributed by atoms with E-state index in [-0.39, 0.29) is 6.03 Å². The number of carbonyl (C=O) groups excluding carboxylic acids is 1. The molecule has 21 heavy (non-hydrogen) atoms. The molecule has 4 nitrogen and oxygen atoms in total. The van der Waals surface area contributed by atoms with Crippen LogP contribution in [0.2, 0.25) is 0 Å². The average Bonchev–Trinajstić information content (AvgIpc) is 2.48. The van der Waals surface area contributed by atoms with Gasteiger partial charge in [-0.15, -0.1) is 0 Å². The van der Waals surface area contributed by atoms with Crippen molar-refractivity contribution in [3.05, 3.63) is 65.3 Å². The van der Waals surface area contributed by atoms with Gasteiger partial charge in [0.25, 0.3) is 0 Å². The molecule has 2 N–H and O–H groups in total. The SMILES string of the molecule is O=C(Nc1ccccc1)Nc1cccc2cc(Br)cnc12. The summed E-state index contributed by atoms with van der Waals surface area (Å²) >= 11 is 3.39. The number of hydrogen-bond donors (Lipinski definition) is 2. The molecule has 0 saturated heterocycles. The van der Waals surface area contributed by atoms with Crippen molar-refractivity contribution < 1.29 is 4.79 Å². The van der Waals surface area contributed by atoms with Crippen LogP contribution < -0.4 is 10.6 Å². The molecule has 0 aliphatic carbocycles. The first kappa shape index (κ1) is 13.6. The Balaban J connectivity index is 1.83. The van der Waals surface area contributed by atoms with Gasteiger partial charge in [0.2, 0.25) is 0 Å². The number of rotatable bonds is 2. The molecule has 0 aliphatic heterocycles. The van der Waals surface area contributed by atoms with E-state index in [2.05, 4.69) is 31.5 Å². The molecular formula is C16H12BrN3O. The van der Waals surface area contributed by atoms with E-state index in [1.54, 1.807) is 6.20 Å². The first-order chi connectivity index (χ1) is 10.2. The second-order valence-corrected chi connectivity index (χ2v) is 5.39. The van der Waals surface area contributed by atoms with Gasteiger partial charge in [0.15, 0.2) is 0 Å². The largest absolute Gasteiger partial charge is 0.323 e. The minimum atomic E-state index is -0.293. The number of anilines is 2. The summed E-state index contributed by atoms with van der Waals surface area (Å²) < 4.78 is 0.904. The Labute approximate surface area is 130 Å². The third kappa shape index (κ3) is 3.20. The quantitative estimate of drug-likeness (QED) is 0.713. The lowest BCUT2D eigenvalue weighted by Crippen LogP contribution is -2.19. The summed E-state index contributed by atoms with van der Waals surface area (Å²) in [6.07, 6.45) is 1.71. The van der Waals surface area contributed by atoms with E-state index in [1.165, 1.54) is 0 Å². The molecule has 1 heterocycles. The summed E-state index contributed by atoms with van der Waals surface area (Å²) in [5.41, 5.74) is 2.17. The standard InChI is InChI=1S/C16H12BrN3O/c17-12-9-11-5-4-8-14(15(11)18-10-12)20-16(21)19-13-6-2-1-3-7-13/h1-10H,(H2,19,20,21). The van der Waals surface area contributed by atoms with E-state index in [1.807, 2.05) is 54.6 Å². The van der Waals surface area contributed by atoms with Gasteiger partial charge >= 0.3 is 6.03 Å². The van der Waals surface area contributed by atoms with Gasteiger partial charge in [0.05, 0.1) is 11.2 Å². The summed E-state index contributed by atoms with van der Waals surface area (Å²) in [5.74, 6) is 0. The van der Waals surface area contributed by atoms with Gasteiger partial charge in [-0.1, -0.05) is 30.3 Å². The van der Waals surface area contributed by atoms with Gasteiger partial charge in [-0.25, -0.2) is 4.79 Å². The Morgan fingerprint density at radius 2 is 1.81 bits per heavy atom. The monoisotopic (exact) mass is 341 g/mol. The zero-order valence-corrected chi connectivity index (χ0v) is 12.6. The number of nitrogens with one attached hydrogen (secondary N) is 2. The molecule has 2 amide bonds. The van der Waals surface area contributed by atoms with Crippen LogP contribution >= 0.6 is 15.9 Å². The van der Waals surface area contributed by atoms with Crippen LogP contribution in [0, 0.1) is 0 Å². The van der Waals surface area contributed by atoms with Gasteiger partial charge in [0, 0.05) is 21.7 Å². The number of carbonyl (C=O) groups is 1. The molecule has 0 bridgehead atoms. The highest BCUT2D eigenvalue weighted by Gasteiger charge is 2.07. The molecular weight excluding hydrogens is 330 g/mol. The van der Waals surface area contributed by atoms with Crippen LogP contribution in [0.15, 0.2) is 65.3 Å². The zero-order chi connectivity index (χ0) is 14.7. The van der Waals surface area contributed by atoms with Crippen molar-refractivity contribution in [3.8, 4) is 0 Å². The fraction of sp³-hybridized carbons (Fsp3) is 0.